The molecule has 0 saturated heterocycles. The van der Waals surface area contributed by atoms with Crippen LogP contribution in [0.4, 0.5) is 0 Å². The molecule has 0 aliphatic carbocycles. The molecule has 5 heterocycles. The van der Waals surface area contributed by atoms with Gasteiger partial charge in [-0.05, 0) is 108 Å². The maximum absolute atomic E-state index is 5.61. The number of hydrogen-bond acceptors (Lipinski definition) is 6. The van der Waals surface area contributed by atoms with Crippen LogP contribution in [0.1, 0.15) is 105 Å². The van der Waals surface area contributed by atoms with Gasteiger partial charge >= 0.3 is 0 Å². The Bertz CT molecular complexity index is 3210. The van der Waals surface area contributed by atoms with E-state index in [1.165, 1.54) is 22.3 Å². The van der Waals surface area contributed by atoms with E-state index in [-0.39, 0.29) is 50.2 Å². The third-order valence-corrected chi connectivity index (χ3v) is 16.1. The largest absolute Gasteiger partial charge is 0.412 e. The van der Waals surface area contributed by atoms with Crippen molar-refractivity contribution in [2.75, 3.05) is 0 Å². The Morgan fingerprint density at radius 3 is 1.06 bits per heavy atom. The van der Waals surface area contributed by atoms with Gasteiger partial charge in [-0.2, -0.15) is 0 Å². The van der Waals surface area contributed by atoms with Crippen molar-refractivity contribution in [1.29, 1.82) is 0 Å². The first-order valence-electron chi connectivity index (χ1n) is 20.1. The zero-order valence-electron chi connectivity index (χ0n) is 37.3. The van der Waals surface area contributed by atoms with Gasteiger partial charge < -0.3 is 20.9 Å². The second-order valence-electron chi connectivity index (χ2n) is 20.0. The number of nitrogens with zero attached hydrogens (tertiary/aromatic N) is 6. The van der Waals surface area contributed by atoms with Crippen molar-refractivity contribution < 1.29 is 11.0 Å². The standard InChI is InChI=1S/C48H46Br4N8.Ge.2H2O/c1-45(2,3)29-25-26(30(46(4,5)6)32(48(10,11)12)31(29)47(7,8)9)42-58-41(25)56-39-23-19-15-13-17-21(23)37(54-39)53-38-22-18-14-16-20-24(22)40(55-38)57-43-27-28(44(59-42)60-43)34(50)36(52)35(51)33(27)49;;;/h13-20H,1-12H3,(H2,53,54,55,56,57,58,59,60);;2*1H2. The molecule has 2 aliphatic heterocycles. The molecule has 3 aromatic heterocycles. The Morgan fingerprint density at radius 2 is 0.683 bits per heavy atom. The van der Waals surface area contributed by atoms with Crippen molar-refractivity contribution in [1.82, 2.24) is 39.9 Å². The summed E-state index contributed by atoms with van der Waals surface area (Å²) in [4.78, 5) is 39.6. The van der Waals surface area contributed by atoms with Gasteiger partial charge in [0.25, 0.3) is 0 Å². The number of nitrogens with one attached hydrogen (secondary N) is 2. The van der Waals surface area contributed by atoms with E-state index in [2.05, 4.69) is 169 Å². The Morgan fingerprint density at radius 1 is 0.381 bits per heavy atom. The molecule has 4 radical (unpaired) electrons. The maximum atomic E-state index is 5.61. The molecule has 4 aromatic carbocycles. The maximum Gasteiger partial charge on any atom is 0.165 e. The van der Waals surface area contributed by atoms with Gasteiger partial charge in [-0.25, -0.2) is 29.9 Å². The molecule has 0 atom stereocenters. The Kier molecular flexibility index (Phi) is 12.8. The van der Waals surface area contributed by atoms with Crippen LogP contribution >= 0.6 is 63.7 Å². The second-order valence-corrected chi connectivity index (χ2v) is 23.1. The quantitative estimate of drug-likeness (QED) is 0.0869. The van der Waals surface area contributed by atoms with Gasteiger partial charge in [-0.1, -0.05) is 132 Å². The summed E-state index contributed by atoms with van der Waals surface area (Å²) < 4.78 is 3.32. The molecule has 0 unspecified atom stereocenters. The molecule has 2 aliphatic rings. The Balaban J connectivity index is 0.00000220. The van der Waals surface area contributed by atoms with Crippen molar-refractivity contribution in [3.63, 3.8) is 0 Å². The molecular weight excluding hydrogens is 1110 g/mol. The number of rotatable bonds is 0. The van der Waals surface area contributed by atoms with Gasteiger partial charge in [0.1, 0.15) is 22.6 Å². The van der Waals surface area contributed by atoms with E-state index in [1.54, 1.807) is 0 Å². The van der Waals surface area contributed by atoms with Gasteiger partial charge in [0.05, 0.1) is 0 Å². The summed E-state index contributed by atoms with van der Waals surface area (Å²) in [5.41, 5.74) is 10.4. The normalized spacial score (nSPS) is 12.7. The van der Waals surface area contributed by atoms with Crippen LogP contribution in [0.3, 0.4) is 0 Å². The summed E-state index contributed by atoms with van der Waals surface area (Å²) in [6.07, 6.45) is 0. The van der Waals surface area contributed by atoms with Gasteiger partial charge in [0, 0.05) is 79.3 Å². The predicted octanol–water partition coefficient (Wildman–Crippen LogP) is 13.1. The van der Waals surface area contributed by atoms with E-state index in [0.29, 0.717) is 45.9 Å². The molecule has 9 rings (SSSR count). The minimum absolute atomic E-state index is 0. The molecule has 6 N–H and O–H groups in total. The summed E-state index contributed by atoms with van der Waals surface area (Å²) in [5.74, 6) is 2.31. The molecule has 0 fully saturated rings. The summed E-state index contributed by atoms with van der Waals surface area (Å²) in [7, 11) is 0. The molecule has 326 valence electrons. The molecule has 15 heteroatoms. The average Bonchev–Trinajstić information content (AvgIpc) is 3.89. The number of benzene rings is 4. The van der Waals surface area contributed by atoms with Crippen LogP contribution in [0.5, 0.6) is 0 Å². The zero-order valence-corrected chi connectivity index (χ0v) is 45.8. The number of halogens is 4. The summed E-state index contributed by atoms with van der Waals surface area (Å²) in [6, 6.07) is 16.3. The van der Waals surface area contributed by atoms with Crippen LogP contribution in [0.15, 0.2) is 66.4 Å². The van der Waals surface area contributed by atoms with Crippen molar-refractivity contribution in [2.24, 2.45) is 0 Å². The van der Waals surface area contributed by atoms with E-state index in [4.69, 9.17) is 29.9 Å². The summed E-state index contributed by atoms with van der Waals surface area (Å²) in [5, 5.41) is 3.55. The van der Waals surface area contributed by atoms with Crippen LogP contribution < -0.4 is 0 Å². The van der Waals surface area contributed by atoms with Crippen molar-refractivity contribution in [2.45, 2.75) is 105 Å². The van der Waals surface area contributed by atoms with E-state index in [9.17, 15) is 0 Å². The third-order valence-electron chi connectivity index (χ3n) is 11.3. The summed E-state index contributed by atoms with van der Waals surface area (Å²) >= 11 is 15.6. The number of H-pyrrole nitrogens is 2. The molecule has 0 spiro atoms. The molecule has 8 bridgehead atoms. The fourth-order valence-corrected chi connectivity index (χ4v) is 11.6. The minimum atomic E-state index is -0.309. The molecule has 0 amide bonds. The second kappa shape index (κ2) is 16.5. The van der Waals surface area contributed by atoms with Gasteiger partial charge in [0.2, 0.25) is 0 Å². The number of aromatic amines is 2. The number of aromatic nitrogens is 8. The van der Waals surface area contributed by atoms with E-state index >= 15 is 0 Å². The molecular formula is C48H50Br4GeN8O2. The van der Waals surface area contributed by atoms with Crippen molar-refractivity contribution >= 4 is 125 Å². The fourth-order valence-electron chi connectivity index (χ4n) is 9.06. The molecule has 10 nitrogen and oxygen atoms in total. The third kappa shape index (κ3) is 7.86. The number of hydrogen-bond donors (Lipinski definition) is 2. The predicted molar refractivity (Wildman–Crippen MR) is 275 cm³/mol. The van der Waals surface area contributed by atoms with Crippen LogP contribution in [-0.4, -0.2) is 68.4 Å². The first kappa shape index (κ1) is 49.1. The topological polar surface area (TPSA) is 172 Å². The number of fused-ring (bicyclic) bond motifs is 20. The SMILES string of the molecule is CC(C)(C)c1c2c(c(C(C)(C)C)c(C(C)(C)C)c1C(C)(C)C)-c1nc-2nc2[nH]c(nc3nc(nc4[nH]c(n1)c1c(Br)c(Br)c(Br)c(Br)c41)-c1ccccc1-3)c1ccccc21.O.O.[Ge]. The zero-order chi connectivity index (χ0) is 43.2. The monoisotopic (exact) mass is 1160 g/mol. The van der Waals surface area contributed by atoms with E-state index in [1.807, 2.05) is 36.4 Å². The smallest absolute Gasteiger partial charge is 0.165 e. The average molecular weight is 1160 g/mol. The first-order chi connectivity index (χ1) is 28.0. The van der Waals surface area contributed by atoms with Gasteiger partial charge in [-0.3, -0.25) is 0 Å². The van der Waals surface area contributed by atoms with Gasteiger partial charge in [-0.15, -0.1) is 0 Å². The van der Waals surface area contributed by atoms with Crippen LogP contribution in [0.2, 0.25) is 0 Å². The summed E-state index contributed by atoms with van der Waals surface area (Å²) in [6.45, 7) is 27.9. The Labute approximate surface area is 411 Å². The molecule has 7 aromatic rings. The van der Waals surface area contributed by atoms with Gasteiger partial charge in [0.15, 0.2) is 23.3 Å². The molecule has 63 heavy (non-hydrogen) atoms. The van der Waals surface area contributed by atoms with Crippen molar-refractivity contribution in [3.8, 4) is 45.6 Å². The first-order valence-corrected chi connectivity index (χ1v) is 23.3. The van der Waals surface area contributed by atoms with Crippen molar-refractivity contribution in [3.05, 3.63) is 88.7 Å². The van der Waals surface area contributed by atoms with E-state index in [0.717, 1.165) is 61.7 Å². The fraction of sp³-hybridized carbons (Fsp3) is 0.333. The van der Waals surface area contributed by atoms with Crippen LogP contribution in [-0.2, 0) is 21.7 Å². The molecule has 0 saturated carbocycles. The van der Waals surface area contributed by atoms with E-state index < -0.39 is 0 Å². The van der Waals surface area contributed by atoms with Crippen LogP contribution in [0, 0.1) is 0 Å². The Hall–Kier alpha value is -3.38. The van der Waals surface area contributed by atoms with Crippen LogP contribution in [0.25, 0.3) is 89.7 Å². The minimum Gasteiger partial charge on any atom is -0.412 e.